The minimum atomic E-state index is -0.246. The lowest BCUT2D eigenvalue weighted by Crippen LogP contribution is -3.17. The number of halogens is 1. The van der Waals surface area contributed by atoms with E-state index < -0.39 is 0 Å². The summed E-state index contributed by atoms with van der Waals surface area (Å²) in [6.07, 6.45) is 1.45. The van der Waals surface area contributed by atoms with Gasteiger partial charge >= 0.3 is 0 Å². The van der Waals surface area contributed by atoms with Crippen molar-refractivity contribution in [2.45, 2.75) is 25.8 Å². The van der Waals surface area contributed by atoms with Gasteiger partial charge in [-0.15, -0.1) is 0 Å². The number of nitrogens with one attached hydrogen (secondary N) is 2. The highest BCUT2D eigenvalue weighted by molar-refractivity contribution is 6.31. The summed E-state index contributed by atoms with van der Waals surface area (Å²) in [5.41, 5.74) is 5.90. The van der Waals surface area contributed by atoms with E-state index in [1.54, 1.807) is 25.3 Å². The molecule has 0 unspecified atom stereocenters. The highest BCUT2D eigenvalue weighted by Gasteiger charge is 2.32. The topological polar surface area (TPSA) is 85.9 Å². The third-order valence-electron chi connectivity index (χ3n) is 4.46. The number of primary amides is 1. The van der Waals surface area contributed by atoms with Gasteiger partial charge in [0.25, 0.3) is 5.91 Å². The van der Waals surface area contributed by atoms with Crippen LogP contribution in [0.3, 0.4) is 0 Å². The van der Waals surface area contributed by atoms with Gasteiger partial charge < -0.3 is 20.7 Å². The molecule has 2 rings (SSSR count). The molecule has 4 N–H and O–H groups in total. The first-order valence-electron chi connectivity index (χ1n) is 7.70. The SMILES string of the molecule is COc1ccc(Cl)cc1NC(=O)[C@@H](C)[NH+]1CCC(C(N)=O)CC1. The summed E-state index contributed by atoms with van der Waals surface area (Å²) in [6, 6.07) is 4.86. The van der Waals surface area contributed by atoms with Crippen LogP contribution in [0.15, 0.2) is 18.2 Å². The van der Waals surface area contributed by atoms with Crippen molar-refractivity contribution in [1.29, 1.82) is 0 Å². The summed E-state index contributed by atoms with van der Waals surface area (Å²) in [5.74, 6) is 0.155. The average Bonchev–Trinajstić information content (AvgIpc) is 2.54. The number of ether oxygens (including phenoxy) is 1. The van der Waals surface area contributed by atoms with Crippen molar-refractivity contribution in [2.75, 3.05) is 25.5 Å². The quantitative estimate of drug-likeness (QED) is 0.727. The van der Waals surface area contributed by atoms with Crippen molar-refractivity contribution < 1.29 is 19.2 Å². The maximum atomic E-state index is 12.5. The maximum Gasteiger partial charge on any atom is 0.282 e. The maximum absolute atomic E-state index is 12.5. The first-order chi connectivity index (χ1) is 10.9. The molecule has 0 radical (unpaired) electrons. The first kappa shape index (κ1) is 17.6. The number of piperidine rings is 1. The smallest absolute Gasteiger partial charge is 0.282 e. The Hall–Kier alpha value is -1.79. The Morgan fingerprint density at radius 2 is 2.04 bits per heavy atom. The van der Waals surface area contributed by atoms with Crippen LogP contribution in [0.25, 0.3) is 0 Å². The zero-order valence-electron chi connectivity index (χ0n) is 13.4. The van der Waals surface area contributed by atoms with E-state index in [1.165, 1.54) is 0 Å². The van der Waals surface area contributed by atoms with Gasteiger partial charge in [-0.3, -0.25) is 9.59 Å². The molecule has 1 fully saturated rings. The number of likely N-dealkylation sites (tertiary alicyclic amines) is 1. The highest BCUT2D eigenvalue weighted by atomic mass is 35.5. The molecule has 1 aliphatic rings. The zero-order chi connectivity index (χ0) is 17.0. The van der Waals surface area contributed by atoms with E-state index in [0.717, 1.165) is 30.8 Å². The molecule has 0 spiro atoms. The number of amides is 2. The van der Waals surface area contributed by atoms with E-state index in [0.29, 0.717) is 16.5 Å². The Kier molecular flexibility index (Phi) is 5.85. The van der Waals surface area contributed by atoms with Gasteiger partial charge in [-0.05, 0) is 25.1 Å². The van der Waals surface area contributed by atoms with Gasteiger partial charge in [-0.25, -0.2) is 0 Å². The van der Waals surface area contributed by atoms with Gasteiger partial charge in [0.15, 0.2) is 6.04 Å². The van der Waals surface area contributed by atoms with E-state index in [2.05, 4.69) is 5.32 Å². The molecule has 0 aliphatic carbocycles. The lowest BCUT2D eigenvalue weighted by atomic mass is 9.95. The largest absolute Gasteiger partial charge is 0.495 e. The number of methoxy groups -OCH3 is 1. The lowest BCUT2D eigenvalue weighted by molar-refractivity contribution is -0.919. The third-order valence-corrected chi connectivity index (χ3v) is 4.69. The Labute approximate surface area is 140 Å². The van der Waals surface area contributed by atoms with Gasteiger partial charge in [0, 0.05) is 23.8 Å². The molecule has 23 heavy (non-hydrogen) atoms. The first-order valence-corrected chi connectivity index (χ1v) is 8.08. The standard InChI is InChI=1S/C16H22ClN3O3/c1-10(20-7-5-11(6-8-20)15(18)21)16(22)19-13-9-12(17)3-4-14(13)23-2/h3-4,9-11H,5-8H2,1-2H3,(H2,18,21)(H,19,22)/p+1/t10-/m1/s1. The van der Waals surface area contributed by atoms with Crippen molar-refractivity contribution in [2.24, 2.45) is 11.7 Å². The number of carbonyl (C=O) groups is 2. The van der Waals surface area contributed by atoms with Gasteiger partial charge in [0.2, 0.25) is 5.91 Å². The van der Waals surface area contributed by atoms with Crippen LogP contribution >= 0.6 is 11.6 Å². The normalized spacial score (nSPS) is 22.2. The molecule has 7 heteroatoms. The van der Waals surface area contributed by atoms with Crippen LogP contribution < -0.4 is 20.7 Å². The van der Waals surface area contributed by atoms with E-state index in [9.17, 15) is 9.59 Å². The second kappa shape index (κ2) is 7.66. The van der Waals surface area contributed by atoms with Crippen LogP contribution in [-0.4, -0.2) is 38.1 Å². The number of carbonyl (C=O) groups excluding carboxylic acids is 2. The van der Waals surface area contributed by atoms with Crippen LogP contribution in [0.2, 0.25) is 5.02 Å². The third kappa shape index (κ3) is 4.36. The van der Waals surface area contributed by atoms with Gasteiger partial charge in [0.1, 0.15) is 5.75 Å². The van der Waals surface area contributed by atoms with Gasteiger partial charge in [-0.1, -0.05) is 11.6 Å². The van der Waals surface area contributed by atoms with Crippen LogP contribution in [0, 0.1) is 5.92 Å². The number of hydrogen-bond acceptors (Lipinski definition) is 3. The number of rotatable bonds is 5. The molecule has 1 atom stereocenters. The molecule has 6 nitrogen and oxygen atoms in total. The van der Waals surface area contributed by atoms with Crippen LogP contribution in [-0.2, 0) is 9.59 Å². The molecular formula is C16H23ClN3O3+. The molecule has 1 aromatic carbocycles. The van der Waals surface area contributed by atoms with E-state index in [1.807, 2.05) is 6.92 Å². The van der Waals surface area contributed by atoms with Crippen molar-refractivity contribution in [3.8, 4) is 5.75 Å². The fourth-order valence-electron chi connectivity index (χ4n) is 2.91. The van der Waals surface area contributed by atoms with Crippen molar-refractivity contribution in [1.82, 2.24) is 0 Å². The number of hydrogen-bond donors (Lipinski definition) is 3. The van der Waals surface area contributed by atoms with Crippen LogP contribution in [0.4, 0.5) is 5.69 Å². The second-order valence-corrected chi connectivity index (χ2v) is 6.33. The molecule has 1 heterocycles. The fourth-order valence-corrected chi connectivity index (χ4v) is 3.08. The molecule has 126 valence electrons. The zero-order valence-corrected chi connectivity index (χ0v) is 14.2. The lowest BCUT2D eigenvalue weighted by Gasteiger charge is -2.31. The molecule has 0 bridgehead atoms. The molecule has 1 aliphatic heterocycles. The second-order valence-electron chi connectivity index (χ2n) is 5.89. The summed E-state index contributed by atoms with van der Waals surface area (Å²) >= 11 is 5.98. The van der Waals surface area contributed by atoms with Gasteiger partial charge in [-0.2, -0.15) is 0 Å². The van der Waals surface area contributed by atoms with E-state index in [-0.39, 0.29) is 23.8 Å². The number of anilines is 1. The van der Waals surface area contributed by atoms with Crippen LogP contribution in [0.5, 0.6) is 5.75 Å². The highest BCUT2D eigenvalue weighted by Crippen LogP contribution is 2.27. The summed E-state index contributed by atoms with van der Waals surface area (Å²) in [4.78, 5) is 24.9. The fraction of sp³-hybridized carbons (Fsp3) is 0.500. The minimum Gasteiger partial charge on any atom is -0.495 e. The molecule has 2 amide bonds. The minimum absolute atomic E-state index is 0.0676. The Balaban J connectivity index is 1.98. The number of nitrogens with two attached hydrogens (primary N) is 1. The number of quaternary nitrogens is 1. The Morgan fingerprint density at radius 1 is 1.39 bits per heavy atom. The monoisotopic (exact) mass is 340 g/mol. The predicted octanol–water partition coefficient (Wildman–Crippen LogP) is 0.456. The number of benzene rings is 1. The summed E-state index contributed by atoms with van der Waals surface area (Å²) in [5, 5.41) is 3.40. The molecule has 1 aromatic rings. The average molecular weight is 341 g/mol. The van der Waals surface area contributed by atoms with Crippen LogP contribution in [0.1, 0.15) is 19.8 Å². The molecule has 0 aromatic heterocycles. The molecular weight excluding hydrogens is 318 g/mol. The molecule has 0 saturated carbocycles. The summed E-state index contributed by atoms with van der Waals surface area (Å²) in [6.45, 7) is 3.40. The Morgan fingerprint density at radius 3 is 2.61 bits per heavy atom. The van der Waals surface area contributed by atoms with Crippen molar-refractivity contribution >= 4 is 29.1 Å². The summed E-state index contributed by atoms with van der Waals surface area (Å²) in [7, 11) is 1.54. The predicted molar refractivity (Wildman–Crippen MR) is 88.7 cm³/mol. The van der Waals surface area contributed by atoms with Crippen molar-refractivity contribution in [3.05, 3.63) is 23.2 Å². The van der Waals surface area contributed by atoms with E-state index in [4.69, 9.17) is 22.1 Å². The Bertz CT molecular complexity index is 586. The van der Waals surface area contributed by atoms with E-state index >= 15 is 0 Å². The molecule has 1 saturated heterocycles. The summed E-state index contributed by atoms with van der Waals surface area (Å²) < 4.78 is 5.24. The van der Waals surface area contributed by atoms with Gasteiger partial charge in [0.05, 0.1) is 25.9 Å². The van der Waals surface area contributed by atoms with Crippen molar-refractivity contribution in [3.63, 3.8) is 0 Å².